The smallest absolute Gasteiger partial charge is 0.187 e. The molecule has 4 unspecified atom stereocenters. The van der Waals surface area contributed by atoms with Crippen molar-refractivity contribution in [1.29, 1.82) is 5.26 Å². The molecule has 8 aliphatic rings. The van der Waals surface area contributed by atoms with E-state index in [4.69, 9.17) is 45.3 Å². The molecule has 0 amide bonds. The lowest BCUT2D eigenvalue weighted by atomic mass is 9.41. The van der Waals surface area contributed by atoms with Gasteiger partial charge in [0.1, 0.15) is 22.3 Å². The maximum atomic E-state index is 9.55. The highest BCUT2D eigenvalue weighted by atomic mass is 16.3. The Morgan fingerprint density at radius 3 is 0.992 bits per heavy atom. The summed E-state index contributed by atoms with van der Waals surface area (Å²) in [6, 6.07) is 122. The molecule has 8 bridgehead atoms. The third-order valence-corrected chi connectivity index (χ3v) is 28.2. The molecule has 10 heteroatoms. The first-order chi connectivity index (χ1) is 60.0. The maximum Gasteiger partial charge on any atom is 0.187 e. The van der Waals surface area contributed by atoms with Gasteiger partial charge in [0.05, 0.1) is 18.2 Å². The zero-order valence-corrected chi connectivity index (χ0v) is 67.5. The summed E-state index contributed by atoms with van der Waals surface area (Å²) in [7, 11) is 0. The Labute approximate surface area is 709 Å². The quantitative estimate of drug-likeness (QED) is 0.0976. The molecule has 0 spiro atoms. The fourth-order valence-corrected chi connectivity index (χ4v) is 23.6. The highest BCUT2D eigenvalue weighted by Gasteiger charge is 2.60. The van der Waals surface area contributed by atoms with Crippen LogP contribution < -0.4 is 0 Å². The Kier molecular flexibility index (Phi) is 17.5. The van der Waals surface area contributed by atoms with Crippen molar-refractivity contribution in [1.82, 2.24) is 29.9 Å². The van der Waals surface area contributed by atoms with Crippen LogP contribution in [0, 0.1) is 41.6 Å². The lowest BCUT2D eigenvalue weighted by molar-refractivity contribution is -0.0282. The number of fused-ring (bicyclic) bond motifs is 6. The molecular formula is C112H84N8O2. The van der Waals surface area contributed by atoms with Crippen molar-refractivity contribution in [2.24, 2.45) is 23.7 Å². The minimum absolute atomic E-state index is 0.190. The number of hydrogen-bond donors (Lipinski definition) is 0. The molecule has 18 aromatic rings. The number of hydrogen-bond acceptors (Lipinski definition) is 9. The summed E-state index contributed by atoms with van der Waals surface area (Å²) >= 11 is 0. The number of furan rings is 2. The van der Waals surface area contributed by atoms with Crippen molar-refractivity contribution in [2.75, 3.05) is 0 Å². The molecule has 0 saturated heterocycles. The average Bonchev–Trinajstić information content (AvgIpc) is 0.884. The van der Waals surface area contributed by atoms with Gasteiger partial charge in [-0.15, -0.1) is 0 Å². The molecule has 8 saturated carbocycles. The Balaban J connectivity index is 0.000000142. The monoisotopic (exact) mass is 1570 g/mol. The van der Waals surface area contributed by atoms with E-state index in [0.29, 0.717) is 46.2 Å². The molecule has 26 rings (SSSR count). The van der Waals surface area contributed by atoms with Gasteiger partial charge in [-0.3, -0.25) is 0 Å². The summed E-state index contributed by atoms with van der Waals surface area (Å²) in [6.07, 6.45) is 15.4. The largest absolute Gasteiger partial charge is 0.456 e. The number of rotatable bonds is 14. The van der Waals surface area contributed by atoms with E-state index in [0.717, 1.165) is 123 Å². The van der Waals surface area contributed by atoms with Gasteiger partial charge < -0.3 is 8.83 Å². The van der Waals surface area contributed by atoms with E-state index in [9.17, 15) is 5.26 Å². The molecule has 584 valence electrons. The average molecular weight is 1570 g/mol. The molecule has 4 aromatic heterocycles. The van der Waals surface area contributed by atoms with Gasteiger partial charge in [0, 0.05) is 54.9 Å². The number of nitrogens with zero attached hydrogens (tertiary/aromatic N) is 8. The maximum absolute atomic E-state index is 9.55. The van der Waals surface area contributed by atoms with Crippen molar-refractivity contribution in [2.45, 2.75) is 98.7 Å². The second kappa shape index (κ2) is 29.3. The number of benzene rings is 14. The van der Waals surface area contributed by atoms with Crippen LogP contribution in [0.4, 0.5) is 5.69 Å². The lowest BCUT2D eigenvalue weighted by Gasteiger charge is -2.63. The van der Waals surface area contributed by atoms with E-state index in [1.165, 1.54) is 122 Å². The van der Waals surface area contributed by atoms with Gasteiger partial charge in [0.2, 0.25) is 0 Å². The Bertz CT molecular complexity index is 6880. The first-order valence-electron chi connectivity index (χ1n) is 43.1. The number of nitriles is 1. The van der Waals surface area contributed by atoms with Crippen LogP contribution in [-0.4, -0.2) is 29.9 Å². The van der Waals surface area contributed by atoms with Crippen LogP contribution in [0.15, 0.2) is 349 Å². The zero-order chi connectivity index (χ0) is 81.1. The molecule has 4 heterocycles. The minimum Gasteiger partial charge on any atom is -0.456 e. The zero-order valence-electron chi connectivity index (χ0n) is 67.5. The minimum atomic E-state index is 0.190. The molecule has 8 fully saturated rings. The van der Waals surface area contributed by atoms with Gasteiger partial charge in [-0.25, -0.2) is 34.7 Å². The molecule has 14 aromatic carbocycles. The first kappa shape index (κ1) is 72.9. The predicted octanol–water partition coefficient (Wildman–Crippen LogP) is 28.2. The third kappa shape index (κ3) is 13.1. The molecule has 8 aliphatic carbocycles. The van der Waals surface area contributed by atoms with E-state index in [2.05, 4.69) is 181 Å². The van der Waals surface area contributed by atoms with Crippen LogP contribution in [0.3, 0.4) is 0 Å². The van der Waals surface area contributed by atoms with Crippen molar-refractivity contribution in [3.05, 3.63) is 379 Å². The molecule has 0 radical (unpaired) electrons. The normalized spacial score (nSPS) is 21.5. The highest BCUT2D eigenvalue weighted by molar-refractivity contribution is 6.08. The molecular weight excluding hydrogens is 1490 g/mol. The molecule has 10 nitrogen and oxygen atoms in total. The topological polar surface area (TPSA) is 132 Å². The summed E-state index contributed by atoms with van der Waals surface area (Å²) in [4.78, 5) is 33.3. The fraction of sp³-hybridized carbons (Fsp3) is 0.179. The van der Waals surface area contributed by atoms with E-state index in [-0.39, 0.29) is 21.7 Å². The standard InChI is InChI=1S/2C56H42N4O/c1-57-47-17-9-15-42(28-47)41-14-8-16-46(27-41)56-33-36-26-37(34-56)32-55(31-36,35-56)45-22-18-38(19-23-45)43-20-24-48-49-29-44(21-25-50(49)61-51(48)30-43)54-59-52(39-10-4-2-5-11-39)58-53(60-54)40-12-6-3-7-13-40;57-34-36-9-7-14-42(26-36)43-15-8-16-47(27-43)56-32-37-25-38(33-56)31-55(30-37,35-56)46-21-17-39(18-22-46)44-19-23-48-49-24-20-45(29-51(49)61-50(48)28-44)54-59-52(40-10-3-1-4-11-40)58-53(60-54)41-12-5-2-6-13-41/h2-25,27-30,36-37H,26,31-35H2;1-24,26-29,37-38H,25,30-33,35H2. The summed E-state index contributed by atoms with van der Waals surface area (Å²) in [5, 5.41) is 13.8. The van der Waals surface area contributed by atoms with Crippen LogP contribution in [0.25, 0.3) is 162 Å². The van der Waals surface area contributed by atoms with Gasteiger partial charge in [-0.05, 0) is 262 Å². The summed E-state index contributed by atoms with van der Waals surface area (Å²) in [6.45, 7) is 7.54. The van der Waals surface area contributed by atoms with Crippen molar-refractivity contribution < 1.29 is 8.83 Å². The Morgan fingerprint density at radius 2 is 0.574 bits per heavy atom. The van der Waals surface area contributed by atoms with Crippen molar-refractivity contribution in [3.8, 4) is 119 Å². The van der Waals surface area contributed by atoms with E-state index in [1.807, 2.05) is 170 Å². The highest BCUT2D eigenvalue weighted by Crippen LogP contribution is 2.68. The van der Waals surface area contributed by atoms with Crippen molar-refractivity contribution >= 4 is 49.6 Å². The van der Waals surface area contributed by atoms with Gasteiger partial charge in [0.25, 0.3) is 0 Å². The second-order valence-corrected chi connectivity index (χ2v) is 35.8. The van der Waals surface area contributed by atoms with E-state index in [1.54, 1.807) is 0 Å². The van der Waals surface area contributed by atoms with Gasteiger partial charge in [-0.2, -0.15) is 5.26 Å². The van der Waals surface area contributed by atoms with Gasteiger partial charge >= 0.3 is 0 Å². The van der Waals surface area contributed by atoms with Gasteiger partial charge in [-0.1, -0.05) is 267 Å². The SMILES string of the molecule is N#Cc1cccc(-c2cccc(C34CC5CC(CC(c6ccc(-c7ccc8c(c7)oc7cc(-c9nc(-c%10ccccc%10)nc(-c%10ccccc%10)n9)ccc78)cc6)(C5)C3)C4)c2)c1.[C-]#[N+]c1cccc(-c2cccc(C34CC5CC(CC(c6ccc(-c7ccc8c(c7)oc7ccc(-c9nc(-c%10ccccc%10)nc(-c%10ccccc%10)n9)cc78)cc6)(C5)C3)C4)c2)c1. The van der Waals surface area contributed by atoms with Crippen LogP contribution in [-0.2, 0) is 21.7 Å². The van der Waals surface area contributed by atoms with Gasteiger partial charge in [0.15, 0.2) is 40.6 Å². The number of aromatic nitrogens is 6. The summed E-state index contributed by atoms with van der Waals surface area (Å²) in [5.41, 5.74) is 26.5. The van der Waals surface area contributed by atoms with Crippen LogP contribution in [0.1, 0.15) is 105 Å². The fourth-order valence-electron chi connectivity index (χ4n) is 23.6. The molecule has 4 atom stereocenters. The van der Waals surface area contributed by atoms with Crippen LogP contribution in [0.5, 0.6) is 0 Å². The molecule has 0 aliphatic heterocycles. The van der Waals surface area contributed by atoms with Crippen LogP contribution in [0.2, 0.25) is 0 Å². The van der Waals surface area contributed by atoms with Crippen molar-refractivity contribution in [3.63, 3.8) is 0 Å². The van der Waals surface area contributed by atoms with E-state index >= 15 is 0 Å². The predicted molar refractivity (Wildman–Crippen MR) is 489 cm³/mol. The van der Waals surface area contributed by atoms with E-state index < -0.39 is 0 Å². The Morgan fingerprint density at radius 1 is 0.262 bits per heavy atom. The molecule has 0 N–H and O–H groups in total. The lowest BCUT2D eigenvalue weighted by Crippen LogP contribution is -2.55. The molecule has 122 heavy (non-hydrogen) atoms. The third-order valence-electron chi connectivity index (χ3n) is 28.2. The Hall–Kier alpha value is -14.3. The second-order valence-electron chi connectivity index (χ2n) is 35.8. The summed E-state index contributed by atoms with van der Waals surface area (Å²) < 4.78 is 13.1. The first-order valence-corrected chi connectivity index (χ1v) is 43.1. The summed E-state index contributed by atoms with van der Waals surface area (Å²) in [5.74, 6) is 6.82. The van der Waals surface area contributed by atoms with Crippen LogP contribution >= 0.6 is 0 Å².